The van der Waals surface area contributed by atoms with Gasteiger partial charge in [-0.1, -0.05) is 12.1 Å². The molecule has 190 valence electrons. The monoisotopic (exact) mass is 526 g/mol. The minimum absolute atomic E-state index is 0.0327. The summed E-state index contributed by atoms with van der Waals surface area (Å²) in [5.41, 5.74) is 0.303. The van der Waals surface area contributed by atoms with Gasteiger partial charge in [-0.05, 0) is 49.2 Å². The molecule has 2 aromatic carbocycles. The maximum absolute atomic E-state index is 13.6. The number of nitrogens with one attached hydrogen (secondary N) is 1. The topological polar surface area (TPSA) is 92.3 Å². The Hall–Kier alpha value is -3.45. The summed E-state index contributed by atoms with van der Waals surface area (Å²) < 4.78 is 92.0. The van der Waals surface area contributed by atoms with Crippen LogP contribution in [0.25, 0.3) is 11.3 Å². The molecule has 13 heteroatoms. The van der Waals surface area contributed by atoms with E-state index in [1.807, 2.05) is 0 Å². The van der Waals surface area contributed by atoms with Crippen LogP contribution in [0.15, 0.2) is 59.8 Å². The number of carbonyl (C=O) groups excluding carboxylic acids is 1. The number of benzene rings is 2. The van der Waals surface area contributed by atoms with Gasteiger partial charge in [-0.15, -0.1) is 0 Å². The van der Waals surface area contributed by atoms with Gasteiger partial charge in [0.05, 0.1) is 28.4 Å². The first-order valence-corrected chi connectivity index (χ1v) is 12.1. The van der Waals surface area contributed by atoms with Crippen molar-refractivity contribution in [3.63, 3.8) is 0 Å². The lowest BCUT2D eigenvalue weighted by molar-refractivity contribution is -0.137. The average molecular weight is 526 g/mol. The van der Waals surface area contributed by atoms with Crippen LogP contribution in [0.4, 0.5) is 22.0 Å². The summed E-state index contributed by atoms with van der Waals surface area (Å²) in [4.78, 5) is 20.4. The molecule has 36 heavy (non-hydrogen) atoms. The van der Waals surface area contributed by atoms with Crippen LogP contribution in [0, 0.1) is 11.6 Å². The van der Waals surface area contributed by atoms with E-state index in [-0.39, 0.29) is 19.5 Å². The van der Waals surface area contributed by atoms with Gasteiger partial charge in [-0.25, -0.2) is 27.2 Å². The fourth-order valence-electron chi connectivity index (χ4n) is 3.84. The van der Waals surface area contributed by atoms with Crippen LogP contribution >= 0.6 is 0 Å². The normalized spacial score (nSPS) is 16.8. The molecule has 7 nitrogen and oxygen atoms in total. The van der Waals surface area contributed by atoms with E-state index in [1.165, 1.54) is 24.5 Å². The van der Waals surface area contributed by atoms with Gasteiger partial charge in [0.25, 0.3) is 0 Å². The number of sulfonamides is 1. The Kier molecular flexibility index (Phi) is 7.05. The van der Waals surface area contributed by atoms with E-state index in [4.69, 9.17) is 0 Å². The summed E-state index contributed by atoms with van der Waals surface area (Å²) in [5, 5.41) is 2.60. The van der Waals surface area contributed by atoms with E-state index in [0.717, 1.165) is 22.5 Å². The average Bonchev–Trinajstić information content (AvgIpc) is 3.35. The second-order valence-electron chi connectivity index (χ2n) is 8.04. The SMILES string of the molecule is O=C(NCc1cc(-c2ccc(C(F)(F)F)cc2)ncn1)C1CCCN1S(=O)(=O)c1ccc(F)c(F)c1. The second-order valence-corrected chi connectivity index (χ2v) is 9.93. The molecule has 1 aliphatic rings. The fourth-order valence-corrected chi connectivity index (χ4v) is 5.51. The number of hydrogen-bond donors (Lipinski definition) is 1. The van der Waals surface area contributed by atoms with Crippen molar-refractivity contribution in [3.8, 4) is 11.3 Å². The number of hydrogen-bond acceptors (Lipinski definition) is 5. The molecule has 0 aliphatic carbocycles. The molecule has 4 rings (SSSR count). The van der Waals surface area contributed by atoms with Gasteiger partial charge in [0.2, 0.25) is 15.9 Å². The summed E-state index contributed by atoms with van der Waals surface area (Å²) in [6.07, 6.45) is -2.64. The zero-order valence-electron chi connectivity index (χ0n) is 18.5. The highest BCUT2D eigenvalue weighted by molar-refractivity contribution is 7.89. The van der Waals surface area contributed by atoms with E-state index in [1.54, 1.807) is 0 Å². The number of halogens is 5. The maximum atomic E-state index is 13.6. The molecule has 1 unspecified atom stereocenters. The minimum Gasteiger partial charge on any atom is -0.349 e. The Labute approximate surface area is 203 Å². The van der Waals surface area contributed by atoms with Gasteiger partial charge >= 0.3 is 6.18 Å². The van der Waals surface area contributed by atoms with Gasteiger partial charge in [0.15, 0.2) is 11.6 Å². The molecule has 1 fully saturated rings. The molecule has 0 saturated carbocycles. The third-order valence-electron chi connectivity index (χ3n) is 5.68. The molecular formula is C23H19F5N4O3S. The van der Waals surface area contributed by atoms with E-state index >= 15 is 0 Å². The minimum atomic E-state index is -4.47. The first-order valence-electron chi connectivity index (χ1n) is 10.7. The van der Waals surface area contributed by atoms with Crippen molar-refractivity contribution in [3.05, 3.63) is 77.8 Å². The van der Waals surface area contributed by atoms with E-state index in [2.05, 4.69) is 15.3 Å². The lowest BCUT2D eigenvalue weighted by Crippen LogP contribution is -2.45. The van der Waals surface area contributed by atoms with Crippen LogP contribution in [-0.2, 0) is 27.5 Å². The number of nitrogens with zero attached hydrogens (tertiary/aromatic N) is 3. The van der Waals surface area contributed by atoms with Gasteiger partial charge in [0, 0.05) is 12.1 Å². The van der Waals surface area contributed by atoms with Crippen molar-refractivity contribution >= 4 is 15.9 Å². The molecule has 1 aromatic heterocycles. The largest absolute Gasteiger partial charge is 0.416 e. The standard InChI is InChI=1S/C23H19F5N4O3S/c24-18-8-7-17(11-19(18)25)36(34,35)32-9-1-2-21(32)22(33)29-12-16-10-20(31-13-30-16)14-3-5-15(6-4-14)23(26,27)28/h3-8,10-11,13,21H,1-2,9,12H2,(H,29,33). The molecule has 1 aliphatic heterocycles. The lowest BCUT2D eigenvalue weighted by Gasteiger charge is -2.23. The zero-order chi connectivity index (χ0) is 26.1. The number of amides is 1. The maximum Gasteiger partial charge on any atom is 0.416 e. The highest BCUT2D eigenvalue weighted by Crippen LogP contribution is 2.31. The number of carbonyl (C=O) groups is 1. The Morgan fingerprint density at radius 1 is 1.03 bits per heavy atom. The first kappa shape index (κ1) is 25.6. The number of rotatable bonds is 6. The molecule has 1 amide bonds. The van der Waals surface area contributed by atoms with Gasteiger partial charge in [0.1, 0.15) is 12.4 Å². The Morgan fingerprint density at radius 2 is 1.75 bits per heavy atom. The van der Waals surface area contributed by atoms with Gasteiger partial charge in [-0.3, -0.25) is 4.79 Å². The molecule has 1 atom stereocenters. The van der Waals surface area contributed by atoms with Crippen LogP contribution in [0.5, 0.6) is 0 Å². The van der Waals surface area contributed by atoms with Crippen molar-refractivity contribution in [2.24, 2.45) is 0 Å². The van der Waals surface area contributed by atoms with Gasteiger partial charge < -0.3 is 5.32 Å². The number of aromatic nitrogens is 2. The fraction of sp³-hybridized carbons (Fsp3) is 0.261. The van der Waals surface area contributed by atoms with Crippen LogP contribution in [0.1, 0.15) is 24.1 Å². The molecule has 0 spiro atoms. The van der Waals surface area contributed by atoms with Crippen LogP contribution in [0.2, 0.25) is 0 Å². The second kappa shape index (κ2) is 9.90. The third kappa shape index (κ3) is 5.36. The van der Waals surface area contributed by atoms with Crippen molar-refractivity contribution in [1.82, 2.24) is 19.6 Å². The smallest absolute Gasteiger partial charge is 0.349 e. The molecule has 1 saturated heterocycles. The summed E-state index contributed by atoms with van der Waals surface area (Å²) in [6, 6.07) is 7.05. The third-order valence-corrected chi connectivity index (χ3v) is 7.58. The molecule has 1 N–H and O–H groups in total. The zero-order valence-corrected chi connectivity index (χ0v) is 19.3. The van der Waals surface area contributed by atoms with Crippen molar-refractivity contribution < 1.29 is 35.2 Å². The number of alkyl halides is 3. The van der Waals surface area contributed by atoms with E-state index in [0.29, 0.717) is 35.5 Å². The van der Waals surface area contributed by atoms with Crippen LogP contribution in [-0.4, -0.2) is 41.2 Å². The highest BCUT2D eigenvalue weighted by atomic mass is 32.2. The van der Waals surface area contributed by atoms with Crippen molar-refractivity contribution in [2.45, 2.75) is 36.5 Å². The first-order chi connectivity index (χ1) is 17.0. The predicted molar refractivity (Wildman–Crippen MR) is 118 cm³/mol. The summed E-state index contributed by atoms with van der Waals surface area (Å²) in [7, 11) is -4.25. The Bertz CT molecular complexity index is 1380. The molecule has 3 aromatic rings. The highest BCUT2D eigenvalue weighted by Gasteiger charge is 2.39. The molecule has 0 radical (unpaired) electrons. The van der Waals surface area contributed by atoms with Crippen LogP contribution < -0.4 is 5.32 Å². The summed E-state index contributed by atoms with van der Waals surface area (Å²) >= 11 is 0. The Balaban J connectivity index is 1.45. The summed E-state index contributed by atoms with van der Waals surface area (Å²) in [5.74, 6) is -3.11. The predicted octanol–water partition coefficient (Wildman–Crippen LogP) is 3.91. The van der Waals surface area contributed by atoms with Gasteiger partial charge in [-0.2, -0.15) is 17.5 Å². The van der Waals surface area contributed by atoms with Crippen LogP contribution in [0.3, 0.4) is 0 Å². The molecule has 0 bridgehead atoms. The lowest BCUT2D eigenvalue weighted by atomic mass is 10.1. The molecule has 2 heterocycles. The summed E-state index contributed by atoms with van der Waals surface area (Å²) in [6.45, 7) is -0.0600. The van der Waals surface area contributed by atoms with E-state index in [9.17, 15) is 35.2 Å². The molecular weight excluding hydrogens is 507 g/mol. The van der Waals surface area contributed by atoms with Crippen molar-refractivity contribution in [2.75, 3.05) is 6.54 Å². The van der Waals surface area contributed by atoms with E-state index < -0.39 is 50.2 Å². The quantitative estimate of drug-likeness (QED) is 0.492. The Morgan fingerprint density at radius 3 is 2.42 bits per heavy atom. The van der Waals surface area contributed by atoms with Crippen molar-refractivity contribution in [1.29, 1.82) is 0 Å².